The minimum absolute atomic E-state index is 0.155. The number of nitrogens with zero attached hydrogens (tertiary/aromatic N) is 2. The SMILES string of the molecule is Cc1ccc(-n2nc(C(=O)O)c3c2CCNC3)cc1. The molecule has 98 valence electrons. The normalized spacial score (nSPS) is 14.2. The van der Waals surface area contributed by atoms with Gasteiger partial charge in [0.15, 0.2) is 5.69 Å². The third kappa shape index (κ3) is 2.02. The van der Waals surface area contributed by atoms with Gasteiger partial charge in [0.2, 0.25) is 0 Å². The van der Waals surface area contributed by atoms with Gasteiger partial charge in [0.05, 0.1) is 11.4 Å². The van der Waals surface area contributed by atoms with Gasteiger partial charge < -0.3 is 10.4 Å². The van der Waals surface area contributed by atoms with Crippen LogP contribution in [0.15, 0.2) is 24.3 Å². The number of carboxylic acids is 1. The van der Waals surface area contributed by atoms with E-state index in [2.05, 4.69) is 10.4 Å². The summed E-state index contributed by atoms with van der Waals surface area (Å²) in [5.74, 6) is -0.967. The average Bonchev–Trinajstić information content (AvgIpc) is 2.79. The first-order valence-electron chi connectivity index (χ1n) is 6.28. The van der Waals surface area contributed by atoms with Crippen molar-refractivity contribution in [2.75, 3.05) is 6.54 Å². The van der Waals surface area contributed by atoms with Crippen molar-refractivity contribution in [2.45, 2.75) is 19.9 Å². The molecule has 2 aromatic rings. The summed E-state index contributed by atoms with van der Waals surface area (Å²) in [5.41, 5.74) is 4.04. The molecule has 1 aromatic carbocycles. The predicted octanol–water partition coefficient (Wildman–Crippen LogP) is 1.52. The van der Waals surface area contributed by atoms with Crippen molar-refractivity contribution in [2.24, 2.45) is 0 Å². The maximum Gasteiger partial charge on any atom is 0.356 e. The van der Waals surface area contributed by atoms with E-state index >= 15 is 0 Å². The summed E-state index contributed by atoms with van der Waals surface area (Å²) in [6.07, 6.45) is 0.795. The van der Waals surface area contributed by atoms with Crippen LogP contribution in [0.3, 0.4) is 0 Å². The second-order valence-electron chi connectivity index (χ2n) is 4.75. The minimum atomic E-state index is -0.967. The zero-order valence-electron chi connectivity index (χ0n) is 10.7. The molecule has 1 aromatic heterocycles. The average molecular weight is 257 g/mol. The largest absolute Gasteiger partial charge is 0.476 e. The number of fused-ring (bicyclic) bond motifs is 1. The van der Waals surface area contributed by atoms with E-state index < -0.39 is 5.97 Å². The lowest BCUT2D eigenvalue weighted by Crippen LogP contribution is -2.25. The third-order valence-corrected chi connectivity index (χ3v) is 3.41. The van der Waals surface area contributed by atoms with E-state index in [4.69, 9.17) is 0 Å². The van der Waals surface area contributed by atoms with Crippen molar-refractivity contribution in [1.82, 2.24) is 15.1 Å². The van der Waals surface area contributed by atoms with E-state index in [1.54, 1.807) is 4.68 Å². The van der Waals surface area contributed by atoms with Crippen LogP contribution < -0.4 is 5.32 Å². The molecule has 5 nitrogen and oxygen atoms in total. The van der Waals surface area contributed by atoms with Gasteiger partial charge >= 0.3 is 5.97 Å². The minimum Gasteiger partial charge on any atom is -0.476 e. The van der Waals surface area contributed by atoms with Crippen LogP contribution in [0.2, 0.25) is 0 Å². The number of aromatic nitrogens is 2. The highest BCUT2D eigenvalue weighted by Gasteiger charge is 2.24. The van der Waals surface area contributed by atoms with E-state index in [1.807, 2.05) is 31.2 Å². The van der Waals surface area contributed by atoms with Crippen molar-refractivity contribution in [1.29, 1.82) is 0 Å². The summed E-state index contributed by atoms with van der Waals surface area (Å²) in [6.45, 7) is 3.45. The Morgan fingerprint density at radius 3 is 2.79 bits per heavy atom. The van der Waals surface area contributed by atoms with Crippen LogP contribution in [-0.2, 0) is 13.0 Å². The van der Waals surface area contributed by atoms with Gasteiger partial charge in [-0.15, -0.1) is 0 Å². The lowest BCUT2D eigenvalue weighted by molar-refractivity contribution is 0.0688. The van der Waals surface area contributed by atoms with Gasteiger partial charge in [-0.3, -0.25) is 0 Å². The van der Waals surface area contributed by atoms with Crippen LogP contribution in [-0.4, -0.2) is 27.4 Å². The molecule has 0 bridgehead atoms. The first-order chi connectivity index (χ1) is 9.16. The standard InChI is InChI=1S/C14H15N3O2/c1-9-2-4-10(5-3-9)17-12-6-7-15-8-11(12)13(16-17)14(18)19/h2-5,15H,6-8H2,1H3,(H,18,19). The number of rotatable bonds is 2. The van der Waals surface area contributed by atoms with Gasteiger partial charge in [0, 0.05) is 25.1 Å². The summed E-state index contributed by atoms with van der Waals surface area (Å²) in [5, 5.41) is 16.7. The molecule has 0 spiro atoms. The van der Waals surface area contributed by atoms with Crippen molar-refractivity contribution < 1.29 is 9.90 Å². The molecule has 5 heteroatoms. The molecule has 0 radical (unpaired) electrons. The predicted molar refractivity (Wildman–Crippen MR) is 70.7 cm³/mol. The fraction of sp³-hybridized carbons (Fsp3) is 0.286. The highest BCUT2D eigenvalue weighted by molar-refractivity contribution is 5.87. The molecule has 0 amide bonds. The van der Waals surface area contributed by atoms with Crippen LogP contribution in [0.1, 0.15) is 27.3 Å². The number of nitrogens with one attached hydrogen (secondary N) is 1. The van der Waals surface area contributed by atoms with Gasteiger partial charge in [-0.05, 0) is 19.1 Å². The molecular formula is C14H15N3O2. The zero-order chi connectivity index (χ0) is 13.4. The Bertz CT molecular complexity index is 629. The smallest absolute Gasteiger partial charge is 0.356 e. The number of aryl methyl sites for hydroxylation is 1. The quantitative estimate of drug-likeness (QED) is 0.856. The number of aromatic carboxylic acids is 1. The fourth-order valence-corrected chi connectivity index (χ4v) is 2.42. The molecule has 0 unspecified atom stereocenters. The topological polar surface area (TPSA) is 67.2 Å². The summed E-state index contributed by atoms with van der Waals surface area (Å²) in [7, 11) is 0. The summed E-state index contributed by atoms with van der Waals surface area (Å²) in [6, 6.07) is 7.95. The van der Waals surface area contributed by atoms with Crippen molar-refractivity contribution in [3.8, 4) is 5.69 Å². The third-order valence-electron chi connectivity index (χ3n) is 3.41. The lowest BCUT2D eigenvalue weighted by atomic mass is 10.1. The molecule has 2 N–H and O–H groups in total. The van der Waals surface area contributed by atoms with Crippen LogP contribution in [0.25, 0.3) is 5.69 Å². The molecule has 2 heterocycles. The monoisotopic (exact) mass is 257 g/mol. The lowest BCUT2D eigenvalue weighted by Gasteiger charge is -2.15. The fourth-order valence-electron chi connectivity index (χ4n) is 2.42. The second kappa shape index (κ2) is 4.51. The molecule has 0 aliphatic carbocycles. The van der Waals surface area contributed by atoms with Crippen LogP contribution in [0, 0.1) is 6.92 Å². The highest BCUT2D eigenvalue weighted by atomic mass is 16.4. The Morgan fingerprint density at radius 2 is 2.11 bits per heavy atom. The molecular weight excluding hydrogens is 242 g/mol. The molecule has 0 fully saturated rings. The number of carbonyl (C=O) groups is 1. The number of hydrogen-bond acceptors (Lipinski definition) is 3. The molecule has 1 aliphatic heterocycles. The van der Waals surface area contributed by atoms with E-state index in [-0.39, 0.29) is 5.69 Å². The molecule has 3 rings (SSSR count). The number of carboxylic acid groups (broad SMARTS) is 1. The van der Waals surface area contributed by atoms with E-state index in [9.17, 15) is 9.90 Å². The number of benzene rings is 1. The second-order valence-corrected chi connectivity index (χ2v) is 4.75. The van der Waals surface area contributed by atoms with Gasteiger partial charge in [-0.1, -0.05) is 17.7 Å². The van der Waals surface area contributed by atoms with Crippen molar-refractivity contribution >= 4 is 5.97 Å². The van der Waals surface area contributed by atoms with Crippen LogP contribution in [0.5, 0.6) is 0 Å². The first-order valence-corrected chi connectivity index (χ1v) is 6.28. The molecule has 19 heavy (non-hydrogen) atoms. The van der Waals surface area contributed by atoms with Crippen molar-refractivity contribution in [3.05, 3.63) is 46.8 Å². The Labute approximate surface area is 110 Å². The van der Waals surface area contributed by atoms with Gasteiger partial charge in [0.25, 0.3) is 0 Å². The molecule has 0 atom stereocenters. The summed E-state index contributed by atoms with van der Waals surface area (Å²) < 4.78 is 1.76. The van der Waals surface area contributed by atoms with E-state index in [1.165, 1.54) is 5.56 Å². The Kier molecular flexibility index (Phi) is 2.83. The maximum atomic E-state index is 11.3. The van der Waals surface area contributed by atoms with Crippen LogP contribution >= 0.6 is 0 Å². The Hall–Kier alpha value is -2.14. The van der Waals surface area contributed by atoms with E-state index in [0.29, 0.717) is 6.54 Å². The van der Waals surface area contributed by atoms with Crippen LogP contribution in [0.4, 0.5) is 0 Å². The first kappa shape index (κ1) is 11.9. The zero-order valence-corrected chi connectivity index (χ0v) is 10.7. The van der Waals surface area contributed by atoms with Gasteiger partial charge in [0.1, 0.15) is 0 Å². The summed E-state index contributed by atoms with van der Waals surface area (Å²) >= 11 is 0. The Morgan fingerprint density at radius 1 is 1.37 bits per heavy atom. The molecule has 0 saturated heterocycles. The van der Waals surface area contributed by atoms with Crippen molar-refractivity contribution in [3.63, 3.8) is 0 Å². The molecule has 1 aliphatic rings. The van der Waals surface area contributed by atoms with Gasteiger partial charge in [-0.2, -0.15) is 5.10 Å². The maximum absolute atomic E-state index is 11.3. The summed E-state index contributed by atoms with van der Waals surface area (Å²) in [4.78, 5) is 11.3. The number of hydrogen-bond donors (Lipinski definition) is 2. The Balaban J connectivity index is 2.16. The van der Waals surface area contributed by atoms with Gasteiger partial charge in [-0.25, -0.2) is 9.48 Å². The highest BCUT2D eigenvalue weighted by Crippen LogP contribution is 2.22. The van der Waals surface area contributed by atoms with E-state index in [0.717, 1.165) is 29.9 Å². The molecule has 0 saturated carbocycles.